The number of amides is 1. The number of hydrogen-bond acceptors (Lipinski definition) is 5. The molecule has 0 heterocycles. The van der Waals surface area contributed by atoms with Crippen LogP contribution in [0.2, 0.25) is 5.02 Å². The molecule has 1 aromatic rings. The van der Waals surface area contributed by atoms with Crippen molar-refractivity contribution in [2.24, 2.45) is 5.92 Å². The molecule has 0 bridgehead atoms. The fourth-order valence-corrected chi connectivity index (χ4v) is 2.44. The van der Waals surface area contributed by atoms with Crippen molar-refractivity contribution in [2.75, 3.05) is 13.2 Å². The molecule has 1 N–H and O–H groups in total. The average molecular weight is 371 g/mol. The Labute approximate surface area is 151 Å². The number of nitro benzene ring substituents is 1. The third-order valence-electron chi connectivity index (χ3n) is 3.85. The highest BCUT2D eigenvalue weighted by molar-refractivity contribution is 6.33. The summed E-state index contributed by atoms with van der Waals surface area (Å²) in [6.45, 7) is 4.26. The Bertz CT molecular complexity index is 621. The van der Waals surface area contributed by atoms with Crippen molar-refractivity contribution in [1.82, 2.24) is 5.32 Å². The lowest BCUT2D eigenvalue weighted by molar-refractivity contribution is -0.384. The molecule has 1 amide bonds. The van der Waals surface area contributed by atoms with Crippen LogP contribution in [0, 0.1) is 16.0 Å². The van der Waals surface area contributed by atoms with E-state index in [1.807, 2.05) is 0 Å². The van der Waals surface area contributed by atoms with Crippen molar-refractivity contribution < 1.29 is 19.2 Å². The van der Waals surface area contributed by atoms with Gasteiger partial charge < -0.3 is 10.1 Å². The van der Waals surface area contributed by atoms with Crippen LogP contribution in [0.4, 0.5) is 5.69 Å². The van der Waals surface area contributed by atoms with Gasteiger partial charge in [0.25, 0.3) is 11.6 Å². The number of nitrogens with one attached hydrogen (secondary N) is 1. The maximum absolute atomic E-state index is 12.0. The van der Waals surface area contributed by atoms with Crippen LogP contribution in [0.5, 0.6) is 0 Å². The minimum absolute atomic E-state index is 0.0293. The van der Waals surface area contributed by atoms with Crippen molar-refractivity contribution in [3.8, 4) is 0 Å². The number of nitro groups is 1. The van der Waals surface area contributed by atoms with Gasteiger partial charge in [0.05, 0.1) is 15.5 Å². The number of carbonyl (C=O) groups excluding carboxylic acids is 2. The molecule has 7 nitrogen and oxygen atoms in total. The Balaban J connectivity index is 2.52. The first-order chi connectivity index (χ1) is 11.9. The van der Waals surface area contributed by atoms with Crippen LogP contribution in [0.15, 0.2) is 18.2 Å². The normalized spacial score (nSPS) is 11.6. The molecule has 0 saturated carbocycles. The molecule has 0 unspecified atom stereocenters. The van der Waals surface area contributed by atoms with E-state index in [0.29, 0.717) is 12.5 Å². The Morgan fingerprint density at radius 1 is 1.36 bits per heavy atom. The molecule has 25 heavy (non-hydrogen) atoms. The summed E-state index contributed by atoms with van der Waals surface area (Å²) in [5.41, 5.74) is -0.416. The third-order valence-corrected chi connectivity index (χ3v) is 4.18. The second-order valence-corrected chi connectivity index (χ2v) is 6.13. The molecule has 0 fully saturated rings. The minimum atomic E-state index is -0.873. The second kappa shape index (κ2) is 10.7. The molecule has 0 aliphatic rings. The molecule has 0 spiro atoms. The molecule has 0 saturated heterocycles. The van der Waals surface area contributed by atoms with Crippen LogP contribution in [0.3, 0.4) is 0 Å². The van der Waals surface area contributed by atoms with E-state index in [0.717, 1.165) is 31.7 Å². The Kier molecular flexibility index (Phi) is 8.91. The fourth-order valence-electron chi connectivity index (χ4n) is 2.24. The number of benzene rings is 1. The lowest BCUT2D eigenvalue weighted by Crippen LogP contribution is -2.33. The third kappa shape index (κ3) is 7.09. The van der Waals surface area contributed by atoms with Crippen LogP contribution >= 0.6 is 11.6 Å². The molecular formula is C17H23ClN2O5. The van der Waals surface area contributed by atoms with Gasteiger partial charge in [-0.3, -0.25) is 14.9 Å². The molecule has 138 valence electrons. The number of ether oxygens (including phenoxy) is 1. The number of nitrogens with zero attached hydrogens (tertiary/aromatic N) is 1. The monoisotopic (exact) mass is 370 g/mol. The zero-order chi connectivity index (χ0) is 18.8. The van der Waals surface area contributed by atoms with Gasteiger partial charge in [0.1, 0.15) is 0 Å². The summed E-state index contributed by atoms with van der Waals surface area (Å²) < 4.78 is 4.89. The minimum Gasteiger partial charge on any atom is -0.452 e. The molecule has 8 heteroatoms. The predicted octanol–water partition coefficient (Wildman–Crippen LogP) is 3.74. The lowest BCUT2D eigenvalue weighted by atomic mass is 9.99. The van der Waals surface area contributed by atoms with Gasteiger partial charge in [0.2, 0.25) is 0 Å². The van der Waals surface area contributed by atoms with Gasteiger partial charge >= 0.3 is 5.97 Å². The summed E-state index contributed by atoms with van der Waals surface area (Å²) in [6, 6.07) is 3.46. The van der Waals surface area contributed by atoms with Gasteiger partial charge in [-0.2, -0.15) is 0 Å². The summed E-state index contributed by atoms with van der Waals surface area (Å²) in [6.07, 6.45) is 4.21. The van der Waals surface area contributed by atoms with E-state index in [2.05, 4.69) is 19.2 Å². The van der Waals surface area contributed by atoms with Crippen LogP contribution < -0.4 is 5.32 Å². The first-order valence-electron chi connectivity index (χ1n) is 8.26. The van der Waals surface area contributed by atoms with E-state index in [-0.39, 0.29) is 16.3 Å². The van der Waals surface area contributed by atoms with Crippen LogP contribution in [-0.2, 0) is 9.53 Å². The molecule has 0 aliphatic heterocycles. The van der Waals surface area contributed by atoms with Gasteiger partial charge in [-0.1, -0.05) is 44.7 Å². The first kappa shape index (κ1) is 20.9. The summed E-state index contributed by atoms with van der Waals surface area (Å²) in [5, 5.41) is 13.5. The maximum Gasteiger partial charge on any atom is 0.340 e. The summed E-state index contributed by atoms with van der Waals surface area (Å²) >= 11 is 5.86. The van der Waals surface area contributed by atoms with Crippen molar-refractivity contribution in [1.29, 1.82) is 0 Å². The highest BCUT2D eigenvalue weighted by atomic mass is 35.5. The van der Waals surface area contributed by atoms with Crippen molar-refractivity contribution >= 4 is 29.2 Å². The van der Waals surface area contributed by atoms with Crippen LogP contribution in [-0.4, -0.2) is 30.0 Å². The van der Waals surface area contributed by atoms with Crippen molar-refractivity contribution in [3.05, 3.63) is 38.9 Å². The lowest BCUT2D eigenvalue weighted by Gasteiger charge is -2.15. The number of rotatable bonds is 10. The Morgan fingerprint density at radius 3 is 2.68 bits per heavy atom. The summed E-state index contributed by atoms with van der Waals surface area (Å²) in [4.78, 5) is 33.9. The van der Waals surface area contributed by atoms with E-state index in [4.69, 9.17) is 16.3 Å². The number of hydrogen-bond donors (Lipinski definition) is 1. The predicted molar refractivity (Wildman–Crippen MR) is 94.7 cm³/mol. The molecule has 1 atom stereocenters. The zero-order valence-electron chi connectivity index (χ0n) is 14.4. The number of halogens is 1. The molecular weight excluding hydrogens is 348 g/mol. The average Bonchev–Trinajstić information content (AvgIpc) is 2.60. The number of esters is 1. The summed E-state index contributed by atoms with van der Waals surface area (Å²) in [5.74, 6) is -0.891. The van der Waals surface area contributed by atoms with Gasteiger partial charge in [-0.05, 0) is 18.4 Å². The van der Waals surface area contributed by atoms with Crippen LogP contribution in [0.1, 0.15) is 49.9 Å². The smallest absolute Gasteiger partial charge is 0.340 e. The fraction of sp³-hybridized carbons (Fsp3) is 0.529. The van der Waals surface area contributed by atoms with E-state index in [9.17, 15) is 19.7 Å². The van der Waals surface area contributed by atoms with Gasteiger partial charge in [0.15, 0.2) is 6.61 Å². The topological polar surface area (TPSA) is 98.5 Å². The van der Waals surface area contributed by atoms with Gasteiger partial charge in [-0.15, -0.1) is 0 Å². The SMILES string of the molecule is CCCC[C@H](CC)CNC(=O)COC(=O)c1cc([N+](=O)[O-])ccc1Cl. The van der Waals surface area contributed by atoms with Crippen molar-refractivity contribution in [2.45, 2.75) is 39.5 Å². The quantitative estimate of drug-likeness (QED) is 0.384. The highest BCUT2D eigenvalue weighted by Crippen LogP contribution is 2.22. The van der Waals surface area contributed by atoms with Crippen molar-refractivity contribution in [3.63, 3.8) is 0 Å². The standard InChI is InChI=1S/C17H23ClN2O5/c1-3-5-6-12(4-2)10-19-16(21)11-25-17(22)14-9-13(20(23)24)7-8-15(14)18/h7-9,12H,3-6,10-11H2,1-2H3,(H,19,21)/t12-/m0/s1. The number of unbranched alkanes of at least 4 members (excludes halogenated alkanes) is 1. The van der Waals surface area contributed by atoms with Crippen LogP contribution in [0.25, 0.3) is 0 Å². The molecule has 0 aliphatic carbocycles. The van der Waals surface area contributed by atoms with E-state index in [1.165, 1.54) is 12.1 Å². The first-order valence-corrected chi connectivity index (χ1v) is 8.64. The zero-order valence-corrected chi connectivity index (χ0v) is 15.2. The van der Waals surface area contributed by atoms with E-state index < -0.39 is 23.4 Å². The van der Waals surface area contributed by atoms with Gasteiger partial charge in [0, 0.05) is 18.7 Å². The van der Waals surface area contributed by atoms with E-state index in [1.54, 1.807) is 0 Å². The molecule has 0 aromatic heterocycles. The summed E-state index contributed by atoms with van der Waals surface area (Å²) in [7, 11) is 0. The van der Waals surface area contributed by atoms with E-state index >= 15 is 0 Å². The molecule has 1 aromatic carbocycles. The number of non-ortho nitro benzene ring substituents is 1. The largest absolute Gasteiger partial charge is 0.452 e. The molecule has 1 rings (SSSR count). The maximum atomic E-state index is 12.0. The highest BCUT2D eigenvalue weighted by Gasteiger charge is 2.18. The second-order valence-electron chi connectivity index (χ2n) is 5.72. The molecule has 0 radical (unpaired) electrons. The Morgan fingerprint density at radius 2 is 2.08 bits per heavy atom. The Hall–Kier alpha value is -2.15. The van der Waals surface area contributed by atoms with Gasteiger partial charge in [-0.25, -0.2) is 4.79 Å². The number of carbonyl (C=O) groups is 2.